The highest BCUT2D eigenvalue weighted by molar-refractivity contribution is 5.84. The van der Waals surface area contributed by atoms with E-state index >= 15 is 0 Å². The van der Waals surface area contributed by atoms with Crippen molar-refractivity contribution in [3.8, 4) is 0 Å². The van der Waals surface area contributed by atoms with Crippen molar-refractivity contribution >= 4 is 6.21 Å². The van der Waals surface area contributed by atoms with Crippen molar-refractivity contribution in [3.05, 3.63) is 35.2 Å². The Labute approximate surface area is 111 Å². The van der Waals surface area contributed by atoms with Gasteiger partial charge in [0, 0.05) is 6.20 Å². The zero-order chi connectivity index (χ0) is 13.5. The molecule has 0 bridgehead atoms. The van der Waals surface area contributed by atoms with Gasteiger partial charge in [0.05, 0.1) is 11.9 Å². The molecule has 0 N–H and O–H groups in total. The van der Waals surface area contributed by atoms with Crippen LogP contribution in [0.3, 0.4) is 0 Å². The molecule has 1 heterocycles. The third-order valence-corrected chi connectivity index (χ3v) is 4.16. The van der Waals surface area contributed by atoms with E-state index in [-0.39, 0.29) is 5.41 Å². The normalized spacial score (nSPS) is 23.1. The van der Waals surface area contributed by atoms with Crippen LogP contribution >= 0.6 is 0 Å². The highest BCUT2D eigenvalue weighted by atomic mass is 15.4. The van der Waals surface area contributed by atoms with Gasteiger partial charge in [-0.2, -0.15) is 5.10 Å². The Kier molecular flexibility index (Phi) is 3.22. The lowest BCUT2D eigenvalue weighted by Gasteiger charge is -2.31. The first-order chi connectivity index (χ1) is 8.33. The maximum Gasteiger partial charge on any atom is 0.0614 e. The molecule has 0 unspecified atom stereocenters. The van der Waals surface area contributed by atoms with Crippen LogP contribution in [0.1, 0.15) is 47.5 Å². The van der Waals surface area contributed by atoms with Crippen LogP contribution in [0.15, 0.2) is 40.3 Å². The molecule has 98 valence electrons. The van der Waals surface area contributed by atoms with Crippen molar-refractivity contribution < 1.29 is 0 Å². The van der Waals surface area contributed by atoms with E-state index in [0.29, 0.717) is 5.92 Å². The number of allylic oxidation sites excluding steroid dienone is 3. The minimum atomic E-state index is 0.233. The number of rotatable bonds is 2. The molecule has 2 heteroatoms. The summed E-state index contributed by atoms with van der Waals surface area (Å²) in [5.74, 6) is 0.542. The van der Waals surface area contributed by atoms with Crippen LogP contribution < -0.4 is 0 Å². The van der Waals surface area contributed by atoms with Crippen LogP contribution in [0.5, 0.6) is 0 Å². The van der Waals surface area contributed by atoms with Gasteiger partial charge in [0.25, 0.3) is 0 Å². The first-order valence-electron chi connectivity index (χ1n) is 6.77. The summed E-state index contributed by atoms with van der Waals surface area (Å²) in [7, 11) is 0. The summed E-state index contributed by atoms with van der Waals surface area (Å²) < 4.78 is 0. The molecule has 2 nitrogen and oxygen atoms in total. The van der Waals surface area contributed by atoms with Gasteiger partial charge < -0.3 is 0 Å². The second-order valence-corrected chi connectivity index (χ2v) is 6.35. The van der Waals surface area contributed by atoms with Crippen LogP contribution in [0.2, 0.25) is 0 Å². The molecule has 2 rings (SSSR count). The lowest BCUT2D eigenvalue weighted by atomic mass is 9.83. The van der Waals surface area contributed by atoms with Gasteiger partial charge >= 0.3 is 0 Å². The lowest BCUT2D eigenvalue weighted by molar-refractivity contribution is 0.409. The summed E-state index contributed by atoms with van der Waals surface area (Å²) in [5, 5.41) is 6.46. The fraction of sp³-hybridized carbons (Fsp3) is 0.562. The topological polar surface area (TPSA) is 15.6 Å². The van der Waals surface area contributed by atoms with Crippen molar-refractivity contribution in [1.29, 1.82) is 0 Å². The van der Waals surface area contributed by atoms with Crippen LogP contribution in [0, 0.1) is 11.3 Å². The number of hydrazone groups is 1. The molecule has 0 saturated heterocycles. The quantitative estimate of drug-likeness (QED) is 0.699. The summed E-state index contributed by atoms with van der Waals surface area (Å²) in [4.78, 5) is 0. The van der Waals surface area contributed by atoms with Crippen molar-refractivity contribution in [2.75, 3.05) is 0 Å². The number of hydrogen-bond donors (Lipinski definition) is 0. The fourth-order valence-electron chi connectivity index (χ4n) is 2.61. The third-order valence-electron chi connectivity index (χ3n) is 4.16. The largest absolute Gasteiger partial charge is 0.241 e. The second kappa shape index (κ2) is 4.42. The first-order valence-corrected chi connectivity index (χ1v) is 6.77. The molecule has 0 aromatic rings. The molecular weight excluding hydrogens is 220 g/mol. The Hall–Kier alpha value is -1.31. The van der Waals surface area contributed by atoms with Gasteiger partial charge in [-0.25, -0.2) is 5.01 Å². The Morgan fingerprint density at radius 3 is 2.78 bits per heavy atom. The molecule has 0 saturated carbocycles. The molecule has 0 aromatic heterocycles. The van der Waals surface area contributed by atoms with E-state index in [1.54, 1.807) is 0 Å². The lowest BCUT2D eigenvalue weighted by Crippen LogP contribution is -2.22. The smallest absolute Gasteiger partial charge is 0.0614 e. The third kappa shape index (κ3) is 2.16. The van der Waals surface area contributed by atoms with Gasteiger partial charge in [-0.3, -0.25) is 0 Å². The molecule has 0 amide bonds. The first kappa shape index (κ1) is 13.1. The van der Waals surface area contributed by atoms with E-state index in [4.69, 9.17) is 0 Å². The van der Waals surface area contributed by atoms with E-state index in [1.807, 2.05) is 11.2 Å². The Morgan fingerprint density at radius 2 is 2.17 bits per heavy atom. The average Bonchev–Trinajstić information content (AvgIpc) is 2.59. The SMILES string of the molecule is C=C1C2=C(C=NN1/C=C(\C)C(C)C)CCC2(C)C. The summed E-state index contributed by atoms with van der Waals surface area (Å²) in [6, 6.07) is 0. The summed E-state index contributed by atoms with van der Waals surface area (Å²) >= 11 is 0. The summed E-state index contributed by atoms with van der Waals surface area (Å²) in [6.45, 7) is 15.4. The van der Waals surface area contributed by atoms with Gasteiger partial charge in [-0.15, -0.1) is 0 Å². The number of hydrogen-bond acceptors (Lipinski definition) is 2. The minimum Gasteiger partial charge on any atom is -0.241 e. The monoisotopic (exact) mass is 244 g/mol. The second-order valence-electron chi connectivity index (χ2n) is 6.35. The highest BCUT2D eigenvalue weighted by Crippen LogP contribution is 2.47. The van der Waals surface area contributed by atoms with E-state index in [9.17, 15) is 0 Å². The predicted molar refractivity (Wildman–Crippen MR) is 78.1 cm³/mol. The van der Waals surface area contributed by atoms with E-state index in [0.717, 1.165) is 12.1 Å². The minimum absolute atomic E-state index is 0.233. The van der Waals surface area contributed by atoms with Gasteiger partial charge in [-0.1, -0.05) is 39.8 Å². The standard InChI is InChI=1S/C16H24N2/c1-11(2)12(3)10-18-13(4)15-14(9-17-18)7-8-16(15,5)6/h9-11H,4,7-8H2,1-3,5-6H3/b12-10+. The molecule has 1 aliphatic heterocycles. The molecule has 0 aromatic carbocycles. The average molecular weight is 244 g/mol. The predicted octanol–water partition coefficient (Wildman–Crippen LogP) is 4.48. The molecule has 0 atom stereocenters. The van der Waals surface area contributed by atoms with Gasteiger partial charge in [-0.05, 0) is 42.2 Å². The zero-order valence-electron chi connectivity index (χ0n) is 12.2. The maximum absolute atomic E-state index is 4.52. The van der Waals surface area contributed by atoms with Gasteiger partial charge in [0.1, 0.15) is 0 Å². The van der Waals surface area contributed by atoms with Crippen LogP contribution in [-0.4, -0.2) is 11.2 Å². The zero-order valence-corrected chi connectivity index (χ0v) is 12.2. The molecule has 1 aliphatic carbocycles. The van der Waals surface area contributed by atoms with E-state index in [1.165, 1.54) is 23.1 Å². The molecule has 0 radical (unpaired) electrons. The van der Waals surface area contributed by atoms with Gasteiger partial charge in [0.15, 0.2) is 0 Å². The van der Waals surface area contributed by atoms with Crippen LogP contribution in [-0.2, 0) is 0 Å². The summed E-state index contributed by atoms with van der Waals surface area (Å²) in [5.41, 5.74) is 5.38. The Morgan fingerprint density at radius 1 is 1.50 bits per heavy atom. The van der Waals surface area contributed by atoms with Crippen molar-refractivity contribution in [3.63, 3.8) is 0 Å². The Balaban J connectivity index is 2.30. The molecule has 2 aliphatic rings. The highest BCUT2D eigenvalue weighted by Gasteiger charge is 2.36. The van der Waals surface area contributed by atoms with E-state index in [2.05, 4.69) is 52.5 Å². The Bertz CT molecular complexity index is 461. The maximum atomic E-state index is 4.52. The molecule has 0 spiro atoms. The van der Waals surface area contributed by atoms with E-state index < -0.39 is 0 Å². The van der Waals surface area contributed by atoms with Crippen molar-refractivity contribution in [1.82, 2.24) is 5.01 Å². The van der Waals surface area contributed by atoms with Crippen LogP contribution in [0.4, 0.5) is 0 Å². The molecular formula is C16H24N2. The fourth-order valence-corrected chi connectivity index (χ4v) is 2.61. The van der Waals surface area contributed by atoms with Crippen molar-refractivity contribution in [2.24, 2.45) is 16.4 Å². The van der Waals surface area contributed by atoms with Crippen LogP contribution in [0.25, 0.3) is 0 Å². The number of nitrogens with zero attached hydrogens (tertiary/aromatic N) is 2. The molecule has 18 heavy (non-hydrogen) atoms. The summed E-state index contributed by atoms with van der Waals surface area (Å²) in [6.07, 6.45) is 6.46. The van der Waals surface area contributed by atoms with Gasteiger partial charge in [0.2, 0.25) is 0 Å². The van der Waals surface area contributed by atoms with Crippen molar-refractivity contribution in [2.45, 2.75) is 47.5 Å². The molecule has 0 fully saturated rings.